The van der Waals surface area contributed by atoms with Crippen LogP contribution in [0, 0.1) is 29.8 Å². The minimum Gasteiger partial charge on any atom is -0.319 e. The lowest BCUT2D eigenvalue weighted by Gasteiger charge is -2.10. The Morgan fingerprint density at radius 2 is 1.97 bits per heavy atom. The van der Waals surface area contributed by atoms with Crippen LogP contribution in [-0.4, -0.2) is 30.4 Å². The van der Waals surface area contributed by atoms with Crippen molar-refractivity contribution in [1.29, 1.82) is 0 Å². The zero-order chi connectivity index (χ0) is 22.8. The fourth-order valence-corrected chi connectivity index (χ4v) is 3.95. The van der Waals surface area contributed by atoms with Gasteiger partial charge in [-0.2, -0.15) is 4.98 Å². The first-order chi connectivity index (χ1) is 15.3. The molecule has 0 spiro atoms. The number of rotatable bonds is 6. The summed E-state index contributed by atoms with van der Waals surface area (Å²) in [6.07, 6.45) is 0. The van der Waals surface area contributed by atoms with Gasteiger partial charge in [-0.15, -0.1) is 5.10 Å². The Labute approximate surface area is 185 Å². The van der Waals surface area contributed by atoms with Crippen LogP contribution >= 0.6 is 11.8 Å². The zero-order valence-corrected chi connectivity index (χ0v) is 17.9. The van der Waals surface area contributed by atoms with Gasteiger partial charge in [-0.3, -0.25) is 14.9 Å². The Bertz CT molecular complexity index is 1360. The summed E-state index contributed by atoms with van der Waals surface area (Å²) in [4.78, 5) is 31.9. The topological polar surface area (TPSA) is 115 Å². The number of thioether (sulfide) groups is 1. The zero-order valence-electron chi connectivity index (χ0n) is 17.1. The number of halogens is 1. The molecule has 9 nitrogen and oxygen atoms in total. The molecule has 2 heterocycles. The van der Waals surface area contributed by atoms with Gasteiger partial charge in [-0.25, -0.2) is 13.9 Å². The average molecular weight is 452 g/mol. The standard InChI is InChI=1S/C21H17FN6O3S/c1-12-9-13(2)27-20(23-12)25-21(26-27)32-11-14-5-3-4-6-16(14)19(29)24-18-10-15(28(30)31)7-8-17(18)22/h3-10H,11H2,1-2H3,(H,24,29). The molecule has 0 radical (unpaired) electrons. The molecule has 32 heavy (non-hydrogen) atoms. The Morgan fingerprint density at radius 3 is 2.75 bits per heavy atom. The molecule has 1 N–H and O–H groups in total. The molecule has 2 aromatic carbocycles. The van der Waals surface area contributed by atoms with Gasteiger partial charge in [0.05, 0.1) is 10.6 Å². The number of non-ortho nitro benzene ring substituents is 1. The van der Waals surface area contributed by atoms with Gasteiger partial charge >= 0.3 is 0 Å². The third-order valence-corrected chi connectivity index (χ3v) is 5.51. The quantitative estimate of drug-likeness (QED) is 0.263. The number of nitrogens with zero attached hydrogens (tertiary/aromatic N) is 5. The molecule has 0 aliphatic rings. The number of nitrogens with one attached hydrogen (secondary N) is 1. The highest BCUT2D eigenvalue weighted by Crippen LogP contribution is 2.25. The van der Waals surface area contributed by atoms with E-state index in [0.717, 1.165) is 29.6 Å². The van der Waals surface area contributed by atoms with Crippen molar-refractivity contribution in [2.24, 2.45) is 0 Å². The van der Waals surface area contributed by atoms with E-state index < -0.39 is 16.6 Å². The first kappa shape index (κ1) is 21.4. The Hall–Kier alpha value is -3.86. The van der Waals surface area contributed by atoms with Crippen molar-refractivity contribution in [2.45, 2.75) is 24.8 Å². The number of fused-ring (bicyclic) bond motifs is 1. The van der Waals surface area contributed by atoms with Crippen molar-refractivity contribution in [3.8, 4) is 0 Å². The molecule has 0 saturated heterocycles. The van der Waals surface area contributed by atoms with Gasteiger partial charge in [0.1, 0.15) is 5.82 Å². The summed E-state index contributed by atoms with van der Waals surface area (Å²) in [6.45, 7) is 3.80. The summed E-state index contributed by atoms with van der Waals surface area (Å²) < 4.78 is 15.7. The number of carbonyl (C=O) groups is 1. The van der Waals surface area contributed by atoms with Gasteiger partial charge in [0.25, 0.3) is 17.4 Å². The molecular formula is C21H17FN6O3S. The van der Waals surface area contributed by atoms with E-state index in [2.05, 4.69) is 20.4 Å². The number of amides is 1. The second-order valence-electron chi connectivity index (χ2n) is 6.97. The van der Waals surface area contributed by atoms with Crippen molar-refractivity contribution in [2.75, 3.05) is 5.32 Å². The number of aryl methyl sites for hydroxylation is 2. The third kappa shape index (κ3) is 4.42. The molecule has 11 heteroatoms. The van der Waals surface area contributed by atoms with Crippen molar-refractivity contribution in [3.63, 3.8) is 0 Å². The van der Waals surface area contributed by atoms with Gasteiger partial charge < -0.3 is 5.32 Å². The highest BCUT2D eigenvalue weighted by atomic mass is 32.2. The molecular weight excluding hydrogens is 435 g/mol. The molecule has 0 fully saturated rings. The summed E-state index contributed by atoms with van der Waals surface area (Å²) in [6, 6.07) is 11.7. The molecule has 0 aliphatic carbocycles. The van der Waals surface area contributed by atoms with Gasteiger partial charge in [0, 0.05) is 34.8 Å². The lowest BCUT2D eigenvalue weighted by molar-refractivity contribution is -0.384. The predicted octanol–water partition coefficient (Wildman–Crippen LogP) is 4.33. The van der Waals surface area contributed by atoms with Gasteiger partial charge in [0.15, 0.2) is 0 Å². The van der Waals surface area contributed by atoms with E-state index in [1.54, 1.807) is 28.8 Å². The molecule has 0 saturated carbocycles. The van der Waals surface area contributed by atoms with E-state index in [-0.39, 0.29) is 11.4 Å². The van der Waals surface area contributed by atoms with E-state index in [0.29, 0.717) is 27.8 Å². The molecule has 162 valence electrons. The van der Waals surface area contributed by atoms with Crippen molar-refractivity contribution < 1.29 is 14.1 Å². The molecule has 0 bridgehead atoms. The molecule has 0 unspecified atom stereocenters. The van der Waals surface area contributed by atoms with Crippen LogP contribution in [0.5, 0.6) is 0 Å². The lowest BCUT2D eigenvalue weighted by atomic mass is 10.1. The Balaban J connectivity index is 1.54. The Kier molecular flexibility index (Phi) is 5.82. The van der Waals surface area contributed by atoms with Crippen LogP contribution in [0.2, 0.25) is 0 Å². The summed E-state index contributed by atoms with van der Waals surface area (Å²) >= 11 is 1.33. The van der Waals surface area contributed by atoms with E-state index in [9.17, 15) is 19.3 Å². The molecule has 0 atom stereocenters. The van der Waals surface area contributed by atoms with E-state index in [4.69, 9.17) is 0 Å². The number of anilines is 1. The first-order valence-corrected chi connectivity index (χ1v) is 10.5. The summed E-state index contributed by atoms with van der Waals surface area (Å²) in [5.41, 5.74) is 2.17. The smallest absolute Gasteiger partial charge is 0.271 e. The number of hydrogen-bond donors (Lipinski definition) is 1. The molecule has 0 aliphatic heterocycles. The SMILES string of the molecule is Cc1cc(C)n2nc(SCc3ccccc3C(=O)Nc3cc([N+](=O)[O-])ccc3F)nc2n1. The van der Waals surface area contributed by atoms with Crippen LogP contribution in [-0.2, 0) is 5.75 Å². The monoisotopic (exact) mass is 452 g/mol. The highest BCUT2D eigenvalue weighted by molar-refractivity contribution is 7.98. The van der Waals surface area contributed by atoms with Crippen LogP contribution in [0.4, 0.5) is 15.8 Å². The van der Waals surface area contributed by atoms with E-state index >= 15 is 0 Å². The fourth-order valence-electron chi connectivity index (χ4n) is 3.13. The third-order valence-electron chi connectivity index (χ3n) is 4.63. The average Bonchev–Trinajstić information content (AvgIpc) is 3.17. The molecule has 2 aromatic heterocycles. The van der Waals surface area contributed by atoms with Crippen molar-refractivity contribution >= 4 is 34.8 Å². The summed E-state index contributed by atoms with van der Waals surface area (Å²) in [5.74, 6) is -0.452. The van der Waals surface area contributed by atoms with Crippen LogP contribution in [0.25, 0.3) is 5.78 Å². The lowest BCUT2D eigenvalue weighted by Crippen LogP contribution is -2.15. The summed E-state index contributed by atoms with van der Waals surface area (Å²) in [5, 5.41) is 18.3. The normalized spacial score (nSPS) is 11.0. The second-order valence-corrected chi connectivity index (χ2v) is 7.91. The summed E-state index contributed by atoms with van der Waals surface area (Å²) in [7, 11) is 0. The number of nitro benzene ring substituents is 1. The Morgan fingerprint density at radius 1 is 1.19 bits per heavy atom. The van der Waals surface area contributed by atoms with Crippen LogP contribution in [0.3, 0.4) is 0 Å². The van der Waals surface area contributed by atoms with Crippen molar-refractivity contribution in [3.05, 3.63) is 87.0 Å². The van der Waals surface area contributed by atoms with Crippen LogP contribution in [0.1, 0.15) is 27.3 Å². The minimum absolute atomic E-state index is 0.259. The fraction of sp³-hybridized carbons (Fsp3) is 0.143. The van der Waals surface area contributed by atoms with Crippen LogP contribution in [0.15, 0.2) is 53.7 Å². The van der Waals surface area contributed by atoms with Gasteiger partial charge in [-0.1, -0.05) is 30.0 Å². The predicted molar refractivity (Wildman–Crippen MR) is 117 cm³/mol. The van der Waals surface area contributed by atoms with Crippen molar-refractivity contribution in [1.82, 2.24) is 19.6 Å². The molecule has 4 rings (SSSR count). The van der Waals surface area contributed by atoms with Gasteiger partial charge in [0.2, 0.25) is 5.16 Å². The highest BCUT2D eigenvalue weighted by Gasteiger charge is 2.17. The minimum atomic E-state index is -0.761. The maximum absolute atomic E-state index is 14.1. The van der Waals surface area contributed by atoms with Crippen LogP contribution < -0.4 is 5.32 Å². The van der Waals surface area contributed by atoms with Gasteiger partial charge in [-0.05, 0) is 37.6 Å². The van der Waals surface area contributed by atoms with E-state index in [1.807, 2.05) is 19.9 Å². The number of aromatic nitrogens is 4. The first-order valence-electron chi connectivity index (χ1n) is 9.49. The maximum atomic E-state index is 14.1. The molecule has 4 aromatic rings. The maximum Gasteiger partial charge on any atom is 0.271 e. The second kappa shape index (κ2) is 8.71. The number of hydrogen-bond acceptors (Lipinski definition) is 7. The largest absolute Gasteiger partial charge is 0.319 e. The molecule has 1 amide bonds. The number of nitro groups is 1. The number of carbonyl (C=O) groups excluding carboxylic acids is 1. The number of benzene rings is 2. The van der Waals surface area contributed by atoms with E-state index in [1.165, 1.54) is 11.8 Å².